The van der Waals surface area contributed by atoms with Gasteiger partial charge in [-0.15, -0.1) is 0 Å². The molecule has 1 aromatic carbocycles. The quantitative estimate of drug-likeness (QED) is 0.818. The zero-order valence-corrected chi connectivity index (χ0v) is 10.2. The van der Waals surface area contributed by atoms with Crippen LogP contribution in [0.15, 0.2) is 30.5 Å². The predicted octanol–water partition coefficient (Wildman–Crippen LogP) is 1.43. The van der Waals surface area contributed by atoms with Gasteiger partial charge in [0.2, 0.25) is 0 Å². The highest BCUT2D eigenvalue weighted by atomic mass is 15.3. The van der Waals surface area contributed by atoms with Crippen molar-refractivity contribution in [1.82, 2.24) is 15.3 Å². The SMILES string of the molecule is c1ccc2nc(N3CC[C@H]4CNC[C@H]43)cnc2c1. The highest BCUT2D eigenvalue weighted by Crippen LogP contribution is 2.31. The number of aromatic nitrogens is 2. The molecule has 0 unspecified atom stereocenters. The summed E-state index contributed by atoms with van der Waals surface area (Å²) in [6.45, 7) is 3.35. The Morgan fingerprint density at radius 2 is 2.06 bits per heavy atom. The van der Waals surface area contributed by atoms with Crippen LogP contribution in [0, 0.1) is 5.92 Å². The van der Waals surface area contributed by atoms with Gasteiger partial charge < -0.3 is 10.2 Å². The molecule has 2 atom stereocenters. The summed E-state index contributed by atoms with van der Waals surface area (Å²) in [5.74, 6) is 1.82. The maximum absolute atomic E-state index is 4.75. The summed E-state index contributed by atoms with van der Waals surface area (Å²) in [6.07, 6.45) is 3.19. The molecule has 0 amide bonds. The Morgan fingerprint density at radius 3 is 3.00 bits per heavy atom. The number of nitrogens with one attached hydrogen (secondary N) is 1. The fraction of sp³-hybridized carbons (Fsp3) is 0.429. The van der Waals surface area contributed by atoms with E-state index in [9.17, 15) is 0 Å². The molecular formula is C14H16N4. The van der Waals surface area contributed by atoms with Crippen LogP contribution in [0.4, 0.5) is 5.82 Å². The molecule has 0 radical (unpaired) electrons. The van der Waals surface area contributed by atoms with E-state index in [1.54, 1.807) is 0 Å². The Bertz CT molecular complexity index is 583. The molecule has 2 aliphatic rings. The first-order chi connectivity index (χ1) is 8.92. The van der Waals surface area contributed by atoms with E-state index in [0.717, 1.165) is 42.4 Å². The van der Waals surface area contributed by atoms with Crippen LogP contribution in [-0.2, 0) is 0 Å². The van der Waals surface area contributed by atoms with E-state index in [2.05, 4.69) is 15.2 Å². The monoisotopic (exact) mass is 240 g/mol. The molecule has 2 aliphatic heterocycles. The van der Waals surface area contributed by atoms with Crippen LogP contribution >= 0.6 is 0 Å². The van der Waals surface area contributed by atoms with Crippen LogP contribution in [0.2, 0.25) is 0 Å². The first-order valence-electron chi connectivity index (χ1n) is 6.61. The summed E-state index contributed by atoms with van der Waals surface area (Å²) in [4.78, 5) is 11.7. The number of anilines is 1. The van der Waals surface area contributed by atoms with Gasteiger partial charge >= 0.3 is 0 Å². The lowest BCUT2D eigenvalue weighted by molar-refractivity contribution is 0.577. The molecule has 92 valence electrons. The Hall–Kier alpha value is -1.68. The van der Waals surface area contributed by atoms with Gasteiger partial charge in [-0.2, -0.15) is 0 Å². The van der Waals surface area contributed by atoms with Gasteiger partial charge in [0.15, 0.2) is 0 Å². The summed E-state index contributed by atoms with van der Waals surface area (Å²) in [6, 6.07) is 8.68. The first-order valence-corrected chi connectivity index (χ1v) is 6.61. The molecule has 0 saturated carbocycles. The second kappa shape index (κ2) is 3.92. The van der Waals surface area contributed by atoms with Gasteiger partial charge in [-0.25, -0.2) is 4.98 Å². The second-order valence-corrected chi connectivity index (χ2v) is 5.18. The molecule has 1 N–H and O–H groups in total. The topological polar surface area (TPSA) is 41.1 Å². The zero-order valence-electron chi connectivity index (χ0n) is 10.2. The van der Waals surface area contributed by atoms with E-state index in [4.69, 9.17) is 4.98 Å². The molecule has 4 rings (SSSR count). The minimum Gasteiger partial charge on any atom is -0.351 e. The predicted molar refractivity (Wildman–Crippen MR) is 71.6 cm³/mol. The number of hydrogen-bond acceptors (Lipinski definition) is 4. The molecule has 0 aliphatic carbocycles. The van der Waals surface area contributed by atoms with Crippen LogP contribution in [-0.4, -0.2) is 35.6 Å². The largest absolute Gasteiger partial charge is 0.351 e. The van der Waals surface area contributed by atoms with Gasteiger partial charge in [-0.05, 0) is 24.5 Å². The van der Waals surface area contributed by atoms with Crippen molar-refractivity contribution >= 4 is 16.9 Å². The lowest BCUT2D eigenvalue weighted by Gasteiger charge is -2.24. The lowest BCUT2D eigenvalue weighted by atomic mass is 10.1. The number of para-hydroxylation sites is 2. The van der Waals surface area contributed by atoms with Crippen LogP contribution < -0.4 is 10.2 Å². The summed E-state index contributed by atoms with van der Waals surface area (Å²) in [7, 11) is 0. The zero-order chi connectivity index (χ0) is 11.9. The van der Waals surface area contributed by atoms with E-state index < -0.39 is 0 Å². The fourth-order valence-electron chi connectivity index (χ4n) is 3.22. The number of hydrogen-bond donors (Lipinski definition) is 1. The molecule has 0 bridgehead atoms. The molecule has 1 aromatic heterocycles. The summed E-state index contributed by atoms with van der Waals surface area (Å²) in [5.41, 5.74) is 1.96. The Morgan fingerprint density at radius 1 is 1.17 bits per heavy atom. The highest BCUT2D eigenvalue weighted by Gasteiger charge is 2.38. The number of nitrogens with zero attached hydrogens (tertiary/aromatic N) is 3. The minimum absolute atomic E-state index is 0.612. The Kier molecular flexibility index (Phi) is 2.23. The fourth-order valence-corrected chi connectivity index (χ4v) is 3.22. The van der Waals surface area contributed by atoms with Crippen molar-refractivity contribution in [3.05, 3.63) is 30.5 Å². The minimum atomic E-state index is 0.612. The molecule has 2 saturated heterocycles. The van der Waals surface area contributed by atoms with Gasteiger partial charge in [0.1, 0.15) is 5.82 Å². The van der Waals surface area contributed by atoms with E-state index >= 15 is 0 Å². The van der Waals surface area contributed by atoms with Crippen molar-refractivity contribution in [2.24, 2.45) is 5.92 Å². The summed E-state index contributed by atoms with van der Waals surface area (Å²) < 4.78 is 0. The third-order valence-electron chi connectivity index (χ3n) is 4.18. The molecule has 3 heterocycles. The molecule has 4 heteroatoms. The third kappa shape index (κ3) is 1.49. The second-order valence-electron chi connectivity index (χ2n) is 5.18. The number of benzene rings is 1. The van der Waals surface area contributed by atoms with Crippen molar-refractivity contribution in [2.75, 3.05) is 24.5 Å². The maximum Gasteiger partial charge on any atom is 0.148 e. The maximum atomic E-state index is 4.75. The Balaban J connectivity index is 1.74. The van der Waals surface area contributed by atoms with Crippen molar-refractivity contribution in [3.63, 3.8) is 0 Å². The molecule has 0 spiro atoms. The highest BCUT2D eigenvalue weighted by molar-refractivity contribution is 5.75. The molecular weight excluding hydrogens is 224 g/mol. The lowest BCUT2D eigenvalue weighted by Crippen LogP contribution is -2.34. The average molecular weight is 240 g/mol. The number of fused-ring (bicyclic) bond motifs is 2. The van der Waals surface area contributed by atoms with Crippen molar-refractivity contribution < 1.29 is 0 Å². The van der Waals surface area contributed by atoms with Crippen molar-refractivity contribution in [3.8, 4) is 0 Å². The molecule has 18 heavy (non-hydrogen) atoms. The van der Waals surface area contributed by atoms with Gasteiger partial charge in [0.05, 0.1) is 17.2 Å². The Labute approximate surface area is 106 Å². The van der Waals surface area contributed by atoms with E-state index in [0.29, 0.717) is 6.04 Å². The molecule has 4 nitrogen and oxygen atoms in total. The van der Waals surface area contributed by atoms with E-state index in [1.807, 2.05) is 30.5 Å². The summed E-state index contributed by atoms with van der Waals surface area (Å²) in [5, 5.41) is 3.47. The normalized spacial score (nSPS) is 26.8. The summed E-state index contributed by atoms with van der Waals surface area (Å²) >= 11 is 0. The van der Waals surface area contributed by atoms with Crippen LogP contribution in [0.1, 0.15) is 6.42 Å². The average Bonchev–Trinajstić information content (AvgIpc) is 3.00. The third-order valence-corrected chi connectivity index (χ3v) is 4.18. The van der Waals surface area contributed by atoms with Crippen LogP contribution in [0.25, 0.3) is 11.0 Å². The smallest absolute Gasteiger partial charge is 0.148 e. The van der Waals surface area contributed by atoms with Crippen LogP contribution in [0.3, 0.4) is 0 Å². The number of rotatable bonds is 1. The van der Waals surface area contributed by atoms with E-state index in [-0.39, 0.29) is 0 Å². The van der Waals surface area contributed by atoms with Gasteiger partial charge in [0, 0.05) is 25.7 Å². The first kappa shape index (κ1) is 10.3. The molecule has 2 fully saturated rings. The van der Waals surface area contributed by atoms with Gasteiger partial charge in [-0.1, -0.05) is 12.1 Å². The van der Waals surface area contributed by atoms with Gasteiger partial charge in [0.25, 0.3) is 0 Å². The van der Waals surface area contributed by atoms with Crippen molar-refractivity contribution in [1.29, 1.82) is 0 Å². The van der Waals surface area contributed by atoms with Gasteiger partial charge in [-0.3, -0.25) is 4.98 Å². The van der Waals surface area contributed by atoms with E-state index in [1.165, 1.54) is 6.42 Å². The standard InChI is InChI=1S/C14H16N4/c1-2-4-12-11(3-1)16-9-14(17-12)18-6-5-10-7-15-8-13(10)18/h1-4,9-10,13,15H,5-8H2/t10-,13+/m0/s1. The molecule has 2 aromatic rings. The van der Waals surface area contributed by atoms with Crippen LogP contribution in [0.5, 0.6) is 0 Å². The van der Waals surface area contributed by atoms with Crippen molar-refractivity contribution in [2.45, 2.75) is 12.5 Å².